The van der Waals surface area contributed by atoms with Crippen LogP contribution in [-0.2, 0) is 13.1 Å². The van der Waals surface area contributed by atoms with Gasteiger partial charge in [-0.3, -0.25) is 0 Å². The van der Waals surface area contributed by atoms with Gasteiger partial charge in [-0.1, -0.05) is 60.7 Å². The van der Waals surface area contributed by atoms with Crippen molar-refractivity contribution in [3.8, 4) is 0 Å². The summed E-state index contributed by atoms with van der Waals surface area (Å²) in [5.74, 6) is 0.927. The molecule has 0 saturated carbocycles. The van der Waals surface area contributed by atoms with Crippen molar-refractivity contribution in [1.82, 2.24) is 9.55 Å². The Morgan fingerprint density at radius 3 is 2.15 bits per heavy atom. The molecule has 3 heteroatoms. The number of hydrogen-bond donors (Lipinski definition) is 1. The minimum Gasteiger partial charge on any atom is -0.352 e. The lowest BCUT2D eigenvalue weighted by atomic mass is 9.97. The molecule has 0 bridgehead atoms. The lowest BCUT2D eigenvalue weighted by molar-refractivity contribution is 0.788. The average Bonchev–Trinajstić information content (AvgIpc) is 3.08. The standard InChI is InChI=1S/C24H21N3/c1-2-27-23-14-8-7-13-22(23)26-24(27)25-16-21-19-11-5-3-9-17(19)15-18-10-4-6-12-20(18)21/h3-15H,2,16H2,1H3,(H,25,26). The fourth-order valence-corrected chi connectivity index (χ4v) is 4.00. The van der Waals surface area contributed by atoms with Crippen molar-refractivity contribution in [2.45, 2.75) is 20.0 Å². The van der Waals surface area contributed by atoms with Crippen LogP contribution in [0.3, 0.4) is 0 Å². The van der Waals surface area contributed by atoms with E-state index in [1.54, 1.807) is 0 Å². The van der Waals surface area contributed by atoms with Crippen molar-refractivity contribution in [3.63, 3.8) is 0 Å². The van der Waals surface area contributed by atoms with Crippen LogP contribution in [0.1, 0.15) is 12.5 Å². The van der Waals surface area contributed by atoms with Gasteiger partial charge in [-0.25, -0.2) is 4.98 Å². The van der Waals surface area contributed by atoms with Crippen molar-refractivity contribution in [2.24, 2.45) is 0 Å². The third-order valence-corrected chi connectivity index (χ3v) is 5.28. The van der Waals surface area contributed by atoms with Gasteiger partial charge in [0.1, 0.15) is 0 Å². The minimum atomic E-state index is 0.741. The fourth-order valence-electron chi connectivity index (χ4n) is 4.00. The summed E-state index contributed by atoms with van der Waals surface area (Å²) >= 11 is 0. The highest BCUT2D eigenvalue weighted by molar-refractivity contribution is 6.02. The zero-order valence-corrected chi connectivity index (χ0v) is 15.3. The van der Waals surface area contributed by atoms with Crippen molar-refractivity contribution in [1.29, 1.82) is 0 Å². The van der Waals surface area contributed by atoms with E-state index in [9.17, 15) is 0 Å². The number of benzene rings is 4. The SMILES string of the molecule is CCn1c(NCc2c3ccccc3cc3ccccc23)nc2ccccc21. The Balaban J connectivity index is 1.62. The number of para-hydroxylation sites is 2. The summed E-state index contributed by atoms with van der Waals surface area (Å²) in [6, 6.07) is 27.8. The van der Waals surface area contributed by atoms with Crippen LogP contribution in [0.2, 0.25) is 0 Å². The van der Waals surface area contributed by atoms with E-state index in [2.05, 4.69) is 89.6 Å². The highest BCUT2D eigenvalue weighted by Gasteiger charge is 2.11. The van der Waals surface area contributed by atoms with Crippen LogP contribution in [0, 0.1) is 0 Å². The van der Waals surface area contributed by atoms with Crippen LogP contribution < -0.4 is 5.32 Å². The zero-order valence-electron chi connectivity index (χ0n) is 15.3. The Kier molecular flexibility index (Phi) is 3.79. The van der Waals surface area contributed by atoms with Crippen LogP contribution in [0.25, 0.3) is 32.6 Å². The zero-order chi connectivity index (χ0) is 18.2. The third-order valence-electron chi connectivity index (χ3n) is 5.28. The maximum Gasteiger partial charge on any atom is 0.204 e. The number of fused-ring (bicyclic) bond motifs is 3. The largest absolute Gasteiger partial charge is 0.352 e. The van der Waals surface area contributed by atoms with Crippen LogP contribution in [-0.4, -0.2) is 9.55 Å². The van der Waals surface area contributed by atoms with E-state index in [0.717, 1.165) is 24.6 Å². The normalized spacial score (nSPS) is 11.4. The van der Waals surface area contributed by atoms with Crippen molar-refractivity contribution in [2.75, 3.05) is 5.32 Å². The van der Waals surface area contributed by atoms with E-state index in [-0.39, 0.29) is 0 Å². The molecule has 0 unspecified atom stereocenters. The molecule has 3 nitrogen and oxygen atoms in total. The van der Waals surface area contributed by atoms with E-state index in [4.69, 9.17) is 4.98 Å². The molecule has 1 N–H and O–H groups in total. The Bertz CT molecular complexity index is 1210. The van der Waals surface area contributed by atoms with Gasteiger partial charge in [-0.05, 0) is 52.2 Å². The van der Waals surface area contributed by atoms with Crippen LogP contribution in [0.15, 0.2) is 78.9 Å². The van der Waals surface area contributed by atoms with Crippen molar-refractivity contribution >= 4 is 38.5 Å². The molecule has 0 aliphatic carbocycles. The molecule has 0 fully saturated rings. The quantitative estimate of drug-likeness (QED) is 0.404. The van der Waals surface area contributed by atoms with Crippen LogP contribution in [0.4, 0.5) is 5.95 Å². The van der Waals surface area contributed by atoms with Gasteiger partial charge in [0.05, 0.1) is 11.0 Å². The molecule has 0 aliphatic rings. The van der Waals surface area contributed by atoms with Crippen molar-refractivity contribution < 1.29 is 0 Å². The molecule has 0 radical (unpaired) electrons. The number of nitrogens with one attached hydrogen (secondary N) is 1. The first-order chi connectivity index (χ1) is 13.3. The molecule has 0 aliphatic heterocycles. The van der Waals surface area contributed by atoms with Crippen LogP contribution >= 0.6 is 0 Å². The molecule has 5 aromatic rings. The molecule has 4 aromatic carbocycles. The highest BCUT2D eigenvalue weighted by Crippen LogP contribution is 2.29. The summed E-state index contributed by atoms with van der Waals surface area (Å²) in [6.45, 7) is 3.79. The molecule has 5 rings (SSSR count). The van der Waals surface area contributed by atoms with Gasteiger partial charge in [0.2, 0.25) is 5.95 Å². The van der Waals surface area contributed by atoms with E-state index < -0.39 is 0 Å². The fraction of sp³-hybridized carbons (Fsp3) is 0.125. The first kappa shape index (κ1) is 15.9. The van der Waals surface area contributed by atoms with Gasteiger partial charge in [-0.15, -0.1) is 0 Å². The maximum atomic E-state index is 4.81. The summed E-state index contributed by atoms with van der Waals surface area (Å²) in [6.07, 6.45) is 0. The molecule has 0 saturated heterocycles. The molecular weight excluding hydrogens is 330 g/mol. The maximum absolute atomic E-state index is 4.81. The van der Waals surface area contributed by atoms with Crippen LogP contribution in [0.5, 0.6) is 0 Å². The van der Waals surface area contributed by atoms with Gasteiger partial charge < -0.3 is 9.88 Å². The molecule has 27 heavy (non-hydrogen) atoms. The molecule has 0 spiro atoms. The smallest absolute Gasteiger partial charge is 0.204 e. The Morgan fingerprint density at radius 1 is 0.815 bits per heavy atom. The summed E-state index contributed by atoms with van der Waals surface area (Å²) in [4.78, 5) is 4.81. The van der Waals surface area contributed by atoms with Gasteiger partial charge in [0.15, 0.2) is 0 Å². The van der Waals surface area contributed by atoms with Gasteiger partial charge in [-0.2, -0.15) is 0 Å². The molecule has 0 atom stereocenters. The summed E-state index contributed by atoms with van der Waals surface area (Å²) in [5.41, 5.74) is 3.52. The Hall–Kier alpha value is -3.33. The number of imidazole rings is 1. The number of hydrogen-bond acceptors (Lipinski definition) is 2. The topological polar surface area (TPSA) is 29.9 Å². The van der Waals surface area contributed by atoms with Crippen molar-refractivity contribution in [3.05, 3.63) is 84.4 Å². The van der Waals surface area contributed by atoms with Gasteiger partial charge in [0.25, 0.3) is 0 Å². The second kappa shape index (κ2) is 6.44. The van der Waals surface area contributed by atoms with E-state index in [1.165, 1.54) is 32.6 Å². The average molecular weight is 351 g/mol. The summed E-state index contributed by atoms with van der Waals surface area (Å²) in [7, 11) is 0. The van der Waals surface area contributed by atoms with Gasteiger partial charge in [0, 0.05) is 13.1 Å². The number of nitrogens with zero attached hydrogens (tertiary/aromatic N) is 2. The molecule has 132 valence electrons. The molecule has 1 heterocycles. The van der Waals surface area contributed by atoms with Gasteiger partial charge >= 0.3 is 0 Å². The number of aryl methyl sites for hydroxylation is 1. The molecular formula is C24H21N3. The number of anilines is 1. The lowest BCUT2D eigenvalue weighted by Gasteiger charge is -2.14. The second-order valence-corrected chi connectivity index (χ2v) is 6.82. The molecule has 1 aromatic heterocycles. The first-order valence-corrected chi connectivity index (χ1v) is 9.43. The van der Waals surface area contributed by atoms with E-state index in [1.807, 2.05) is 6.07 Å². The number of rotatable bonds is 4. The summed E-state index contributed by atoms with van der Waals surface area (Å²) < 4.78 is 2.24. The monoisotopic (exact) mass is 351 g/mol. The second-order valence-electron chi connectivity index (χ2n) is 6.82. The Labute approximate surface area is 158 Å². The first-order valence-electron chi connectivity index (χ1n) is 9.43. The summed E-state index contributed by atoms with van der Waals surface area (Å²) in [5, 5.41) is 8.74. The lowest BCUT2D eigenvalue weighted by Crippen LogP contribution is -2.07. The highest BCUT2D eigenvalue weighted by atomic mass is 15.2. The van der Waals surface area contributed by atoms with E-state index >= 15 is 0 Å². The third kappa shape index (κ3) is 2.63. The predicted molar refractivity (Wildman–Crippen MR) is 114 cm³/mol. The van der Waals surface area contributed by atoms with E-state index in [0.29, 0.717) is 0 Å². The Morgan fingerprint density at radius 2 is 1.44 bits per heavy atom. The number of aromatic nitrogens is 2. The molecule has 0 amide bonds. The minimum absolute atomic E-state index is 0.741. The predicted octanol–water partition coefficient (Wildman–Crippen LogP) is 5.97.